The van der Waals surface area contributed by atoms with Crippen LogP contribution in [0.2, 0.25) is 5.28 Å². The van der Waals surface area contributed by atoms with Gasteiger partial charge in [0.2, 0.25) is 5.28 Å². The van der Waals surface area contributed by atoms with E-state index in [0.29, 0.717) is 0 Å². The van der Waals surface area contributed by atoms with Gasteiger partial charge in [-0.2, -0.15) is 10.1 Å². The summed E-state index contributed by atoms with van der Waals surface area (Å²) >= 11 is 6.06. The van der Waals surface area contributed by atoms with Crippen molar-refractivity contribution in [3.8, 4) is 5.69 Å². The Labute approximate surface area is 137 Å². The van der Waals surface area contributed by atoms with E-state index in [4.69, 9.17) is 11.6 Å². The van der Waals surface area contributed by atoms with Gasteiger partial charge in [0.25, 0.3) is 0 Å². The number of aryl methyl sites for hydroxylation is 2. The maximum Gasteiger partial charge on any atom is 0.224 e. The van der Waals surface area contributed by atoms with Crippen molar-refractivity contribution in [3.63, 3.8) is 0 Å². The van der Waals surface area contributed by atoms with Gasteiger partial charge < -0.3 is 4.90 Å². The van der Waals surface area contributed by atoms with Crippen molar-refractivity contribution >= 4 is 23.1 Å². The Morgan fingerprint density at radius 3 is 2.78 bits per heavy atom. The topological polar surface area (TPSA) is 77.6 Å². The zero-order valence-corrected chi connectivity index (χ0v) is 13.7. The summed E-state index contributed by atoms with van der Waals surface area (Å²) in [6, 6.07) is -0.00105. The molecule has 0 saturated carbocycles. The van der Waals surface area contributed by atoms with Crippen LogP contribution in [0.1, 0.15) is 31.0 Å². The zero-order chi connectivity index (χ0) is 16.1. The maximum atomic E-state index is 6.06. The van der Waals surface area contributed by atoms with Gasteiger partial charge in [0.1, 0.15) is 11.5 Å². The number of rotatable bonds is 2. The maximum absolute atomic E-state index is 6.06. The van der Waals surface area contributed by atoms with Crippen LogP contribution in [0.5, 0.6) is 0 Å². The van der Waals surface area contributed by atoms with E-state index in [1.165, 1.54) is 0 Å². The van der Waals surface area contributed by atoms with Crippen LogP contribution in [-0.2, 0) is 7.05 Å². The molecule has 0 aromatic carbocycles. The van der Waals surface area contributed by atoms with Crippen molar-refractivity contribution in [2.75, 3.05) is 4.90 Å². The molecule has 23 heavy (non-hydrogen) atoms. The highest BCUT2D eigenvalue weighted by Crippen LogP contribution is 2.43. The molecule has 3 aromatic heterocycles. The first-order chi connectivity index (χ1) is 11.1. The third kappa shape index (κ3) is 2.02. The minimum Gasteiger partial charge on any atom is -0.311 e. The summed E-state index contributed by atoms with van der Waals surface area (Å²) in [4.78, 5) is 10.7. The van der Waals surface area contributed by atoms with Crippen molar-refractivity contribution in [1.29, 1.82) is 0 Å². The second kappa shape index (κ2) is 5.02. The number of hydrogen-bond donors (Lipinski definition) is 0. The van der Waals surface area contributed by atoms with Crippen LogP contribution in [0.4, 0.5) is 11.5 Å². The summed E-state index contributed by atoms with van der Waals surface area (Å²) in [5, 5.41) is 13.1. The molecule has 0 bridgehead atoms. The molecule has 0 saturated heterocycles. The Kier molecular flexibility index (Phi) is 3.08. The molecule has 0 aliphatic carbocycles. The molecule has 3 aromatic rings. The molecule has 0 fully saturated rings. The van der Waals surface area contributed by atoms with Gasteiger partial charge in [0, 0.05) is 13.2 Å². The van der Waals surface area contributed by atoms with Gasteiger partial charge in [-0.1, -0.05) is 6.92 Å². The lowest BCUT2D eigenvalue weighted by atomic mass is 10.1. The first kappa shape index (κ1) is 14.1. The summed E-state index contributed by atoms with van der Waals surface area (Å²) in [5.41, 5.74) is 1.75. The Hall–Kier alpha value is -2.48. The molecule has 0 spiro atoms. The summed E-state index contributed by atoms with van der Waals surface area (Å²) in [6.07, 6.45) is 6.30. The van der Waals surface area contributed by atoms with E-state index in [0.717, 1.165) is 35.3 Å². The van der Waals surface area contributed by atoms with Crippen LogP contribution < -0.4 is 4.90 Å². The fraction of sp³-hybridized carbons (Fsp3) is 0.357. The molecule has 1 unspecified atom stereocenters. The lowest BCUT2D eigenvalue weighted by Crippen LogP contribution is -2.32. The number of aromatic nitrogens is 7. The Bertz CT molecular complexity index is 883. The first-order valence-electron chi connectivity index (χ1n) is 7.33. The van der Waals surface area contributed by atoms with Crippen molar-refractivity contribution in [2.24, 2.45) is 7.05 Å². The second-order valence-corrected chi connectivity index (χ2v) is 5.79. The standard InChI is InChI=1S/C14H15ClN8/c1-4-10-13-20-19-8(2)22(13)11-6-16-14(15)18-12(11)23(10)9-5-17-21(3)7-9/h5-7,10H,4H2,1-3H3. The summed E-state index contributed by atoms with van der Waals surface area (Å²) in [6.45, 7) is 4.03. The first-order valence-corrected chi connectivity index (χ1v) is 7.70. The van der Waals surface area contributed by atoms with Crippen LogP contribution >= 0.6 is 11.6 Å². The van der Waals surface area contributed by atoms with Crippen molar-refractivity contribution < 1.29 is 0 Å². The molecule has 0 amide bonds. The van der Waals surface area contributed by atoms with Crippen molar-refractivity contribution in [2.45, 2.75) is 26.3 Å². The van der Waals surface area contributed by atoms with Gasteiger partial charge in [0.05, 0.1) is 24.1 Å². The highest BCUT2D eigenvalue weighted by molar-refractivity contribution is 6.28. The van der Waals surface area contributed by atoms with E-state index < -0.39 is 0 Å². The Morgan fingerprint density at radius 1 is 1.26 bits per heavy atom. The number of halogens is 1. The van der Waals surface area contributed by atoms with E-state index in [9.17, 15) is 0 Å². The van der Waals surface area contributed by atoms with E-state index >= 15 is 0 Å². The highest BCUT2D eigenvalue weighted by atomic mass is 35.5. The van der Waals surface area contributed by atoms with Gasteiger partial charge in [-0.25, -0.2) is 4.98 Å². The van der Waals surface area contributed by atoms with E-state index in [1.54, 1.807) is 17.1 Å². The zero-order valence-electron chi connectivity index (χ0n) is 13.0. The van der Waals surface area contributed by atoms with E-state index in [2.05, 4.69) is 37.1 Å². The predicted molar refractivity (Wildman–Crippen MR) is 85.1 cm³/mol. The Balaban J connectivity index is 2.01. The van der Waals surface area contributed by atoms with Crippen molar-refractivity contribution in [1.82, 2.24) is 34.5 Å². The number of anilines is 2. The quantitative estimate of drug-likeness (QED) is 0.671. The second-order valence-electron chi connectivity index (χ2n) is 5.45. The third-order valence-electron chi connectivity index (χ3n) is 4.01. The molecule has 1 atom stereocenters. The normalized spacial score (nSPS) is 16.3. The van der Waals surface area contributed by atoms with Gasteiger partial charge in [-0.15, -0.1) is 10.2 Å². The predicted octanol–water partition coefficient (Wildman–Crippen LogP) is 2.36. The minimum absolute atomic E-state index is 0.00105. The summed E-state index contributed by atoms with van der Waals surface area (Å²) in [7, 11) is 1.88. The van der Waals surface area contributed by atoms with Crippen LogP contribution in [0.25, 0.3) is 5.69 Å². The van der Waals surface area contributed by atoms with Gasteiger partial charge in [-0.3, -0.25) is 9.25 Å². The smallest absolute Gasteiger partial charge is 0.224 e. The van der Waals surface area contributed by atoms with Crippen molar-refractivity contribution in [3.05, 3.63) is 35.5 Å². The highest BCUT2D eigenvalue weighted by Gasteiger charge is 2.36. The average molecular weight is 331 g/mol. The molecule has 8 nitrogen and oxygen atoms in total. The molecule has 1 aliphatic heterocycles. The SMILES string of the molecule is CCC1c2nnc(C)n2-c2cnc(Cl)nc2N1c1cnn(C)c1. The van der Waals surface area contributed by atoms with Crippen LogP contribution in [0.15, 0.2) is 18.6 Å². The average Bonchev–Trinajstić information content (AvgIpc) is 3.12. The van der Waals surface area contributed by atoms with Gasteiger partial charge >= 0.3 is 0 Å². The fourth-order valence-corrected chi connectivity index (χ4v) is 3.16. The molecule has 0 N–H and O–H groups in total. The van der Waals surface area contributed by atoms with Crippen LogP contribution in [0, 0.1) is 6.92 Å². The lowest BCUT2D eigenvalue weighted by Gasteiger charge is -2.36. The van der Waals surface area contributed by atoms with E-state index in [1.807, 2.05) is 24.7 Å². The molecule has 118 valence electrons. The number of hydrogen-bond acceptors (Lipinski definition) is 6. The molecular weight excluding hydrogens is 316 g/mol. The summed E-state index contributed by atoms with van der Waals surface area (Å²) in [5.74, 6) is 2.41. The van der Waals surface area contributed by atoms with Gasteiger partial charge in [-0.05, 0) is 24.9 Å². The minimum atomic E-state index is -0.00105. The Morgan fingerprint density at radius 2 is 2.09 bits per heavy atom. The molecule has 9 heteroatoms. The third-order valence-corrected chi connectivity index (χ3v) is 4.19. The monoisotopic (exact) mass is 330 g/mol. The number of nitrogens with zero attached hydrogens (tertiary/aromatic N) is 8. The molecule has 1 aliphatic rings. The van der Waals surface area contributed by atoms with Gasteiger partial charge in [0.15, 0.2) is 11.6 Å². The van der Waals surface area contributed by atoms with Crippen LogP contribution in [-0.4, -0.2) is 34.5 Å². The fourth-order valence-electron chi connectivity index (χ4n) is 3.04. The molecule has 0 radical (unpaired) electrons. The molecular formula is C14H15ClN8. The lowest BCUT2D eigenvalue weighted by molar-refractivity contribution is 0.587. The summed E-state index contributed by atoms with van der Waals surface area (Å²) < 4.78 is 3.75. The van der Waals surface area contributed by atoms with Crippen LogP contribution in [0.3, 0.4) is 0 Å². The molecule has 4 heterocycles. The largest absolute Gasteiger partial charge is 0.311 e. The van der Waals surface area contributed by atoms with E-state index in [-0.39, 0.29) is 11.3 Å². The number of fused-ring (bicyclic) bond motifs is 3. The molecule has 4 rings (SSSR count).